The van der Waals surface area contributed by atoms with Crippen molar-refractivity contribution in [3.63, 3.8) is 0 Å². The summed E-state index contributed by atoms with van der Waals surface area (Å²) in [6.45, 7) is 22.3. The van der Waals surface area contributed by atoms with E-state index in [2.05, 4.69) is 53.8 Å². The maximum absolute atomic E-state index is 13.9. The number of ketones is 1. The number of hydrogen-bond acceptors (Lipinski definition) is 5. The molecule has 0 aromatic carbocycles. The summed E-state index contributed by atoms with van der Waals surface area (Å²) in [6.07, 6.45) is 14.5. The van der Waals surface area contributed by atoms with E-state index >= 15 is 0 Å². The molecule has 0 aromatic rings. The molecule has 6 rings (SSSR count). The summed E-state index contributed by atoms with van der Waals surface area (Å²) in [5, 5.41) is 13.4. The van der Waals surface area contributed by atoms with Crippen molar-refractivity contribution < 1.29 is 24.2 Å². The van der Waals surface area contributed by atoms with E-state index in [1.165, 1.54) is 50.5 Å². The molecule has 0 heterocycles. The van der Waals surface area contributed by atoms with Gasteiger partial charge in [0.15, 0.2) is 5.78 Å². The van der Waals surface area contributed by atoms with Crippen molar-refractivity contribution in [2.75, 3.05) is 13.1 Å². The molecule has 6 aliphatic rings. The fourth-order valence-electron chi connectivity index (χ4n) is 13.2. The van der Waals surface area contributed by atoms with Crippen LogP contribution in [0.15, 0.2) is 11.1 Å². The largest absolute Gasteiger partial charge is 0.481 e. The third-order valence-corrected chi connectivity index (χ3v) is 16.4. The predicted octanol–water partition coefficient (Wildman–Crippen LogP) is 9.16. The van der Waals surface area contributed by atoms with Crippen LogP contribution in [-0.2, 0) is 19.1 Å². The first-order chi connectivity index (χ1) is 22.3. The van der Waals surface area contributed by atoms with Crippen LogP contribution in [0, 0.1) is 62.1 Å². The molecule has 48 heavy (non-hydrogen) atoms. The molecule has 0 saturated heterocycles. The molecule has 0 spiro atoms. The van der Waals surface area contributed by atoms with Gasteiger partial charge in [0.25, 0.3) is 0 Å². The quantitative estimate of drug-likeness (QED) is 0.179. The van der Waals surface area contributed by atoms with E-state index in [-0.39, 0.29) is 51.5 Å². The number of aliphatic carboxylic acids is 1. The van der Waals surface area contributed by atoms with Gasteiger partial charge in [0.1, 0.15) is 6.10 Å². The van der Waals surface area contributed by atoms with Crippen molar-refractivity contribution in [2.45, 2.75) is 158 Å². The van der Waals surface area contributed by atoms with Crippen molar-refractivity contribution in [1.82, 2.24) is 5.32 Å². The molecule has 5 saturated carbocycles. The maximum Gasteiger partial charge on any atom is 0.309 e. The first-order valence-electron chi connectivity index (χ1n) is 19.7. The molecule has 0 amide bonds. The van der Waals surface area contributed by atoms with E-state index in [4.69, 9.17) is 4.74 Å². The molecule has 0 aliphatic heterocycles. The van der Waals surface area contributed by atoms with Crippen molar-refractivity contribution in [3.8, 4) is 0 Å². The van der Waals surface area contributed by atoms with Crippen molar-refractivity contribution in [1.29, 1.82) is 0 Å². The summed E-state index contributed by atoms with van der Waals surface area (Å²) in [5.41, 5.74) is 1.99. The number of ether oxygens (including phenoxy) is 1. The SMILES string of the molecule is CC(C)C1=C2[C@H]3CC[C@@H]4[C@@]5(C)CC[C@H](OC(=O)CC(C)(C)C(=O)O)C(C)(C)[C@@H]5CC[C@@]4(C)[C@]3(C)CC[C@@]2(CCNCC2CCC2)CC1=O. The topological polar surface area (TPSA) is 92.7 Å². The summed E-state index contributed by atoms with van der Waals surface area (Å²) in [7, 11) is 0. The van der Waals surface area contributed by atoms with E-state index in [9.17, 15) is 19.5 Å². The molecule has 0 unspecified atom stereocenters. The first-order valence-corrected chi connectivity index (χ1v) is 19.7. The second kappa shape index (κ2) is 12.2. The number of carboxylic acid groups (broad SMARTS) is 1. The van der Waals surface area contributed by atoms with E-state index in [0.29, 0.717) is 23.5 Å². The van der Waals surface area contributed by atoms with Crippen molar-refractivity contribution >= 4 is 17.7 Å². The number of carbonyl (C=O) groups excluding carboxylic acids is 2. The minimum atomic E-state index is -1.13. The number of carbonyl (C=O) groups is 3. The Hall–Kier alpha value is -1.69. The van der Waals surface area contributed by atoms with Gasteiger partial charge in [0.05, 0.1) is 11.8 Å². The number of fused-ring (bicyclic) bond motifs is 7. The highest BCUT2D eigenvalue weighted by molar-refractivity contribution is 6.00. The third kappa shape index (κ3) is 5.47. The van der Waals surface area contributed by atoms with Crippen LogP contribution in [0.4, 0.5) is 0 Å². The zero-order valence-electron chi connectivity index (χ0n) is 31.9. The standard InChI is InChI=1S/C42H67NO5/c1-26(2)34-29(44)23-42(21-22-43-25-27-11-10-12-27)20-19-40(8)28(35(34)42)13-14-31-39(7)17-16-32(48-33(45)24-37(3,4)36(46)47)38(5,6)30(39)15-18-41(31,40)9/h26-28,30-32,43H,10-25H2,1-9H3,(H,46,47)/t28-,30+,31-,32+,39+,40-,41-,42-/m1/s1. The fraction of sp³-hybridized carbons (Fsp3) is 0.881. The highest BCUT2D eigenvalue weighted by Gasteiger charge is 2.70. The maximum atomic E-state index is 13.9. The second-order valence-electron chi connectivity index (χ2n) is 19.9. The van der Waals surface area contributed by atoms with Gasteiger partial charge in [-0.1, -0.05) is 60.5 Å². The Kier molecular flexibility index (Phi) is 9.20. The molecule has 270 valence electrons. The van der Waals surface area contributed by atoms with E-state index in [1.807, 2.05) is 0 Å². The van der Waals surface area contributed by atoms with Gasteiger partial charge in [0.2, 0.25) is 0 Å². The second-order valence-corrected chi connectivity index (χ2v) is 19.9. The lowest BCUT2D eigenvalue weighted by atomic mass is 9.33. The van der Waals surface area contributed by atoms with Crippen LogP contribution >= 0.6 is 0 Å². The summed E-state index contributed by atoms with van der Waals surface area (Å²) in [5.74, 6) is 1.71. The monoisotopic (exact) mass is 666 g/mol. The van der Waals surface area contributed by atoms with Crippen LogP contribution < -0.4 is 5.32 Å². The Labute approximate surface area is 291 Å². The van der Waals surface area contributed by atoms with Crippen molar-refractivity contribution in [3.05, 3.63) is 11.1 Å². The number of Topliss-reactive ketones (excluding diaryl/α,β-unsaturated/α-hetero) is 1. The van der Waals surface area contributed by atoms with Crippen LogP contribution in [0.25, 0.3) is 0 Å². The molecule has 6 heteroatoms. The van der Waals surface area contributed by atoms with Gasteiger partial charge in [-0.3, -0.25) is 14.4 Å². The molecule has 8 atom stereocenters. The van der Waals surface area contributed by atoms with E-state index in [0.717, 1.165) is 57.5 Å². The molecule has 6 nitrogen and oxygen atoms in total. The summed E-state index contributed by atoms with van der Waals surface area (Å²) < 4.78 is 6.17. The number of allylic oxidation sites excluding steroid dienone is 2. The zero-order chi connectivity index (χ0) is 35.1. The van der Waals surface area contributed by atoms with Gasteiger partial charge >= 0.3 is 11.9 Å². The minimum absolute atomic E-state index is 0.0386. The minimum Gasteiger partial charge on any atom is -0.481 e. The van der Waals surface area contributed by atoms with Crippen LogP contribution in [0.5, 0.6) is 0 Å². The number of carboxylic acids is 1. The predicted molar refractivity (Wildman–Crippen MR) is 190 cm³/mol. The summed E-state index contributed by atoms with van der Waals surface area (Å²) in [4.78, 5) is 38.7. The van der Waals surface area contributed by atoms with Gasteiger partial charge < -0.3 is 15.2 Å². The average molecular weight is 666 g/mol. The smallest absolute Gasteiger partial charge is 0.309 e. The van der Waals surface area contributed by atoms with E-state index in [1.54, 1.807) is 19.4 Å². The Bertz CT molecular complexity index is 1340. The Morgan fingerprint density at radius 2 is 1.62 bits per heavy atom. The fourth-order valence-corrected chi connectivity index (χ4v) is 13.2. The van der Waals surface area contributed by atoms with Gasteiger partial charge in [-0.15, -0.1) is 0 Å². The average Bonchev–Trinajstić information content (AvgIpc) is 3.25. The van der Waals surface area contributed by atoms with Crippen molar-refractivity contribution in [2.24, 2.45) is 62.1 Å². The first kappa shape index (κ1) is 36.1. The number of rotatable bonds is 10. The van der Waals surface area contributed by atoms with Crippen LogP contribution in [0.3, 0.4) is 0 Å². The summed E-state index contributed by atoms with van der Waals surface area (Å²) in [6, 6.07) is 0. The lowest BCUT2D eigenvalue weighted by molar-refractivity contribution is -0.233. The van der Waals surface area contributed by atoms with E-state index < -0.39 is 11.4 Å². The zero-order valence-corrected chi connectivity index (χ0v) is 31.9. The normalized spacial score (nSPS) is 40.8. The highest BCUT2D eigenvalue weighted by atomic mass is 16.5. The third-order valence-electron chi connectivity index (χ3n) is 16.4. The Balaban J connectivity index is 1.25. The molecular formula is C42H67NO5. The van der Waals surface area contributed by atoms with Gasteiger partial charge in [-0.05, 0) is 149 Å². The lowest BCUT2D eigenvalue weighted by Crippen LogP contribution is -2.65. The van der Waals surface area contributed by atoms with Gasteiger partial charge in [-0.25, -0.2) is 0 Å². The Morgan fingerprint density at radius 1 is 0.917 bits per heavy atom. The van der Waals surface area contributed by atoms with Crippen LogP contribution in [0.2, 0.25) is 0 Å². The molecule has 0 bridgehead atoms. The van der Waals surface area contributed by atoms with Crippen LogP contribution in [-0.4, -0.2) is 42.0 Å². The lowest BCUT2D eigenvalue weighted by Gasteiger charge is -2.72. The highest BCUT2D eigenvalue weighted by Crippen LogP contribution is 2.77. The molecule has 6 aliphatic carbocycles. The molecule has 0 radical (unpaired) electrons. The number of esters is 1. The van der Waals surface area contributed by atoms with Gasteiger partial charge in [0, 0.05) is 17.3 Å². The van der Waals surface area contributed by atoms with Crippen LogP contribution in [0.1, 0.15) is 152 Å². The molecule has 5 fully saturated rings. The Morgan fingerprint density at radius 3 is 2.25 bits per heavy atom. The molecule has 2 N–H and O–H groups in total. The van der Waals surface area contributed by atoms with Gasteiger partial charge in [-0.2, -0.15) is 0 Å². The number of hydrogen-bond donors (Lipinski definition) is 2. The number of nitrogens with one attached hydrogen (secondary N) is 1. The molecular weight excluding hydrogens is 598 g/mol. The summed E-state index contributed by atoms with van der Waals surface area (Å²) >= 11 is 0. The molecule has 0 aromatic heterocycles.